The van der Waals surface area contributed by atoms with E-state index < -0.39 is 30.0 Å². The van der Waals surface area contributed by atoms with Crippen molar-refractivity contribution in [3.05, 3.63) is 41.2 Å². The molecule has 1 aromatic heterocycles. The second-order valence-corrected chi connectivity index (χ2v) is 13.7. The minimum Gasteiger partial charge on any atom is -0.442 e. The van der Waals surface area contributed by atoms with E-state index in [2.05, 4.69) is 15.2 Å². The molecule has 2 saturated heterocycles. The molecular formula is C36H51FN6O6. The maximum Gasteiger partial charge on any atom is 0.410 e. The Kier molecular flexibility index (Phi) is 13.6. The highest BCUT2D eigenvalue weighted by molar-refractivity contribution is 5.79. The van der Waals surface area contributed by atoms with Crippen molar-refractivity contribution < 1.29 is 33.4 Å². The Bertz CT molecular complexity index is 1510. The highest BCUT2D eigenvalue weighted by Crippen LogP contribution is 2.29. The number of piperidine rings is 1. The number of aliphatic hydroxyl groups is 1. The van der Waals surface area contributed by atoms with E-state index in [0.717, 1.165) is 24.9 Å². The van der Waals surface area contributed by atoms with Crippen LogP contribution in [-0.2, 0) is 19.1 Å². The number of likely N-dealkylation sites (N-methyl/N-ethyl adjacent to an activating group) is 1. The standard InChI is InChI=1S/C36H51FN6O6/c1-24(7-9-34(25(2)6-8-30(47)12-19-44)49-36(48)42-17-15-40(5)16-18-42)31(23-45)26(3)20-28-21-32(37)35-33(22-28)43(39-38-35)29-10-13-41(14-11-29)27(4)46/h7,9,19-25,29-31,34,47H,6,8,10-18H2,1-5H3/b9-7+,26-20+/t24-,25-,30+,31-,34-/m0/s1. The topological polar surface area (TPSA) is 138 Å². The SMILES string of the molecule is CC(=O)N1CCC(n2nnc3c(F)cc(/C=C(\C)[C@@H](C=O)[C@@H](C)/C=C/[C@H](OC(=O)N4CCN(C)CC4)[C@@H](C)CC[C@@H](O)CC=O)cc32)CC1. The molecule has 3 heterocycles. The first-order chi connectivity index (χ1) is 23.4. The van der Waals surface area contributed by atoms with E-state index in [-0.39, 0.29) is 35.7 Å². The lowest BCUT2D eigenvalue weighted by molar-refractivity contribution is -0.130. The Morgan fingerprint density at radius 2 is 1.71 bits per heavy atom. The maximum absolute atomic E-state index is 15.2. The molecule has 0 radical (unpaired) electrons. The number of allylic oxidation sites excluding steroid dienone is 2. The average Bonchev–Trinajstić information content (AvgIpc) is 3.50. The number of carbonyl (C=O) groups excluding carboxylic acids is 4. The summed E-state index contributed by atoms with van der Waals surface area (Å²) in [4.78, 5) is 53.8. The number of likely N-dealkylation sites (tertiary alicyclic amines) is 1. The van der Waals surface area contributed by atoms with Crippen LogP contribution in [0.4, 0.5) is 9.18 Å². The molecule has 5 atom stereocenters. The Balaban J connectivity index is 1.50. The van der Waals surface area contributed by atoms with Crippen molar-refractivity contribution in [3.8, 4) is 0 Å². The minimum absolute atomic E-state index is 0.0119. The highest BCUT2D eigenvalue weighted by Gasteiger charge is 2.28. The fourth-order valence-corrected chi connectivity index (χ4v) is 6.58. The quantitative estimate of drug-likeness (QED) is 0.229. The Morgan fingerprint density at radius 3 is 2.35 bits per heavy atom. The summed E-state index contributed by atoms with van der Waals surface area (Å²) in [6.45, 7) is 11.1. The second-order valence-electron chi connectivity index (χ2n) is 13.7. The number of aromatic nitrogens is 3. The molecule has 2 amide bonds. The normalized spacial score (nSPS) is 19.9. The Hall–Kier alpha value is -3.97. The van der Waals surface area contributed by atoms with Crippen LogP contribution in [0.3, 0.4) is 0 Å². The number of nitrogens with zero attached hydrogens (tertiary/aromatic N) is 6. The molecule has 49 heavy (non-hydrogen) atoms. The summed E-state index contributed by atoms with van der Waals surface area (Å²) >= 11 is 0. The summed E-state index contributed by atoms with van der Waals surface area (Å²) in [6, 6.07) is 3.21. The number of ether oxygens (including phenoxy) is 1. The molecule has 0 spiro atoms. The van der Waals surface area contributed by atoms with E-state index in [9.17, 15) is 24.3 Å². The van der Waals surface area contributed by atoms with Gasteiger partial charge in [0.2, 0.25) is 5.91 Å². The Morgan fingerprint density at radius 1 is 1.02 bits per heavy atom. The molecule has 2 aliphatic rings. The van der Waals surface area contributed by atoms with Crippen LogP contribution in [-0.4, -0.2) is 118 Å². The smallest absolute Gasteiger partial charge is 0.410 e. The van der Waals surface area contributed by atoms with Crippen LogP contribution < -0.4 is 0 Å². The zero-order valence-electron chi connectivity index (χ0n) is 29.3. The van der Waals surface area contributed by atoms with E-state index in [1.54, 1.807) is 27.5 Å². The summed E-state index contributed by atoms with van der Waals surface area (Å²) in [6.07, 6.45) is 7.61. The molecule has 1 aromatic carbocycles. The van der Waals surface area contributed by atoms with Crippen LogP contribution in [0.5, 0.6) is 0 Å². The minimum atomic E-state index is -0.762. The molecule has 2 aliphatic heterocycles. The summed E-state index contributed by atoms with van der Waals surface area (Å²) in [5.74, 6) is -1.44. The van der Waals surface area contributed by atoms with Gasteiger partial charge in [0.1, 0.15) is 24.2 Å². The van der Waals surface area contributed by atoms with E-state index in [1.165, 1.54) is 6.07 Å². The number of aliphatic hydroxyl groups excluding tert-OH is 1. The van der Waals surface area contributed by atoms with Gasteiger partial charge in [-0.15, -0.1) is 5.10 Å². The van der Waals surface area contributed by atoms with Gasteiger partial charge in [-0.3, -0.25) is 4.79 Å². The first kappa shape index (κ1) is 37.8. The number of hydrogen-bond donors (Lipinski definition) is 1. The molecule has 268 valence electrons. The van der Waals surface area contributed by atoms with Crippen molar-refractivity contribution in [2.24, 2.45) is 17.8 Å². The molecule has 0 saturated carbocycles. The van der Waals surface area contributed by atoms with Gasteiger partial charge >= 0.3 is 6.09 Å². The van der Waals surface area contributed by atoms with Crippen LogP contribution in [0.25, 0.3) is 17.1 Å². The molecule has 4 rings (SSSR count). The van der Waals surface area contributed by atoms with Crippen LogP contribution in [0.2, 0.25) is 0 Å². The fraction of sp³-hybridized carbons (Fsp3) is 0.611. The molecular weight excluding hydrogens is 631 g/mol. The van der Waals surface area contributed by atoms with Crippen molar-refractivity contribution in [3.63, 3.8) is 0 Å². The highest BCUT2D eigenvalue weighted by atomic mass is 19.1. The van der Waals surface area contributed by atoms with Crippen LogP contribution in [0, 0.1) is 23.6 Å². The molecule has 0 unspecified atom stereocenters. The summed E-state index contributed by atoms with van der Waals surface area (Å²) in [7, 11) is 2.01. The van der Waals surface area contributed by atoms with Crippen molar-refractivity contribution in [2.75, 3.05) is 46.3 Å². The summed E-state index contributed by atoms with van der Waals surface area (Å²) in [5, 5.41) is 18.5. The summed E-state index contributed by atoms with van der Waals surface area (Å²) in [5.41, 5.74) is 2.05. The number of hydrogen-bond acceptors (Lipinski definition) is 9. The number of benzene rings is 1. The molecule has 0 aliphatic carbocycles. The maximum atomic E-state index is 15.2. The lowest BCUT2D eigenvalue weighted by Crippen LogP contribution is -2.48. The van der Waals surface area contributed by atoms with Crippen LogP contribution in [0.15, 0.2) is 29.9 Å². The van der Waals surface area contributed by atoms with E-state index in [0.29, 0.717) is 69.2 Å². The van der Waals surface area contributed by atoms with Crippen molar-refractivity contribution in [1.29, 1.82) is 0 Å². The first-order valence-electron chi connectivity index (χ1n) is 17.3. The number of rotatable bonds is 14. The van der Waals surface area contributed by atoms with Gasteiger partial charge in [0, 0.05) is 58.5 Å². The van der Waals surface area contributed by atoms with E-state index >= 15 is 4.39 Å². The average molecular weight is 683 g/mol. The largest absolute Gasteiger partial charge is 0.442 e. The molecule has 1 N–H and O–H groups in total. The molecule has 0 bridgehead atoms. The van der Waals surface area contributed by atoms with Gasteiger partial charge in [-0.2, -0.15) is 0 Å². The van der Waals surface area contributed by atoms with E-state index in [4.69, 9.17) is 4.74 Å². The third kappa shape index (κ3) is 10.0. The van der Waals surface area contributed by atoms with E-state index in [1.807, 2.05) is 46.0 Å². The van der Waals surface area contributed by atoms with Gasteiger partial charge in [0.15, 0.2) is 5.82 Å². The monoisotopic (exact) mass is 682 g/mol. The molecule has 2 aromatic rings. The van der Waals surface area contributed by atoms with Crippen LogP contribution in [0.1, 0.15) is 71.4 Å². The van der Waals surface area contributed by atoms with Crippen molar-refractivity contribution in [1.82, 2.24) is 29.7 Å². The predicted molar refractivity (Wildman–Crippen MR) is 184 cm³/mol. The first-order valence-corrected chi connectivity index (χ1v) is 17.3. The van der Waals surface area contributed by atoms with Gasteiger partial charge in [0.05, 0.1) is 17.7 Å². The zero-order chi connectivity index (χ0) is 35.7. The number of carbonyl (C=O) groups is 4. The van der Waals surface area contributed by atoms with Gasteiger partial charge in [-0.25, -0.2) is 13.9 Å². The van der Waals surface area contributed by atoms with Crippen LogP contribution >= 0.6 is 0 Å². The second kappa shape index (κ2) is 17.6. The number of piperazine rings is 1. The molecule has 13 heteroatoms. The third-order valence-electron chi connectivity index (χ3n) is 9.93. The number of halogens is 1. The van der Waals surface area contributed by atoms with Gasteiger partial charge < -0.3 is 34.1 Å². The zero-order valence-corrected chi connectivity index (χ0v) is 29.3. The molecule has 12 nitrogen and oxygen atoms in total. The lowest BCUT2D eigenvalue weighted by atomic mass is 9.86. The van der Waals surface area contributed by atoms with Gasteiger partial charge in [-0.1, -0.05) is 36.8 Å². The molecule has 2 fully saturated rings. The van der Waals surface area contributed by atoms with Gasteiger partial charge in [-0.05, 0) is 75.3 Å². The summed E-state index contributed by atoms with van der Waals surface area (Å²) < 4.78 is 22.9. The number of aldehydes is 2. The predicted octanol–water partition coefficient (Wildman–Crippen LogP) is 4.28. The number of amides is 2. The van der Waals surface area contributed by atoms with Crippen molar-refractivity contribution >= 4 is 41.7 Å². The lowest BCUT2D eigenvalue weighted by Gasteiger charge is -2.33. The van der Waals surface area contributed by atoms with Crippen molar-refractivity contribution in [2.45, 2.75) is 78.0 Å². The van der Waals surface area contributed by atoms with Gasteiger partial charge in [0.25, 0.3) is 0 Å². The third-order valence-corrected chi connectivity index (χ3v) is 9.93. The number of fused-ring (bicyclic) bond motifs is 1. The Labute approximate surface area is 287 Å². The fourth-order valence-electron chi connectivity index (χ4n) is 6.58.